The lowest BCUT2D eigenvalue weighted by atomic mass is 10.1. The topological polar surface area (TPSA) is 142 Å². The molecule has 1 amide bonds. The van der Waals surface area contributed by atoms with E-state index in [4.69, 9.17) is 10.5 Å². The lowest BCUT2D eigenvalue weighted by molar-refractivity contribution is -0.122. The van der Waals surface area contributed by atoms with Crippen molar-refractivity contribution in [2.45, 2.75) is 24.7 Å². The quantitative estimate of drug-likeness (QED) is 0.423. The summed E-state index contributed by atoms with van der Waals surface area (Å²) in [5.41, 5.74) is 7.22. The fraction of sp³-hybridized carbons (Fsp3) is 0.278. The molecule has 0 unspecified atom stereocenters. The van der Waals surface area contributed by atoms with Crippen molar-refractivity contribution in [3.63, 3.8) is 0 Å². The van der Waals surface area contributed by atoms with E-state index in [-0.39, 0.29) is 18.6 Å². The van der Waals surface area contributed by atoms with Crippen LogP contribution in [0.5, 0.6) is 11.5 Å². The summed E-state index contributed by atoms with van der Waals surface area (Å²) in [6.45, 7) is 0. The van der Waals surface area contributed by atoms with Crippen LogP contribution in [0.3, 0.4) is 0 Å². The first kappa shape index (κ1) is 20.9. The van der Waals surface area contributed by atoms with Crippen molar-refractivity contribution in [2.24, 2.45) is 5.73 Å². The van der Waals surface area contributed by atoms with Crippen molar-refractivity contribution in [2.75, 3.05) is 7.11 Å². The lowest BCUT2D eigenvalue weighted by Crippen LogP contribution is -2.47. The van der Waals surface area contributed by atoms with Gasteiger partial charge in [0.05, 0.1) is 13.2 Å². The number of phenols is 1. The van der Waals surface area contributed by atoms with E-state index < -0.39 is 25.3 Å². The molecule has 0 bridgehead atoms. The smallest absolute Gasteiger partial charge is 0.347 e. The number of hydrogen-bond donors (Lipinski definition) is 5. The minimum absolute atomic E-state index is 0.0497. The number of rotatable bonds is 8. The number of aromatic hydroxyl groups is 1. The standard InChI is InChI=1S/C18H23N2O6P/c1-26-15-8-4-13(5-9-15)11-17(27(23,24)25)20-18(22)16(19)10-12-2-6-14(21)7-3-12/h2-9,16-17,21H,10-11,19H2,1H3,(H,20,22)(H2,23,24,25)/t16-,17+/m0/s1. The van der Waals surface area contributed by atoms with Crippen molar-refractivity contribution >= 4 is 13.5 Å². The first-order chi connectivity index (χ1) is 12.7. The number of methoxy groups -OCH3 is 1. The van der Waals surface area contributed by atoms with Crippen molar-refractivity contribution in [1.29, 1.82) is 0 Å². The average Bonchev–Trinajstić information content (AvgIpc) is 2.62. The number of nitrogens with one attached hydrogen (secondary N) is 1. The first-order valence-corrected chi connectivity index (χ1v) is 9.89. The van der Waals surface area contributed by atoms with Crippen molar-refractivity contribution in [3.8, 4) is 11.5 Å². The maximum absolute atomic E-state index is 12.3. The zero-order valence-corrected chi connectivity index (χ0v) is 15.7. The molecule has 0 spiro atoms. The largest absolute Gasteiger partial charge is 0.508 e. The van der Waals surface area contributed by atoms with Crippen LogP contribution in [-0.4, -0.2) is 39.7 Å². The van der Waals surface area contributed by atoms with Crippen LogP contribution in [0.25, 0.3) is 0 Å². The summed E-state index contributed by atoms with van der Waals surface area (Å²) in [6, 6.07) is 11.9. The van der Waals surface area contributed by atoms with Crippen molar-refractivity contribution < 1.29 is 29.0 Å². The zero-order valence-electron chi connectivity index (χ0n) is 14.8. The summed E-state index contributed by atoms with van der Waals surface area (Å²) < 4.78 is 16.8. The van der Waals surface area contributed by atoms with Crippen molar-refractivity contribution in [3.05, 3.63) is 59.7 Å². The lowest BCUT2D eigenvalue weighted by Gasteiger charge is -2.22. The molecule has 27 heavy (non-hydrogen) atoms. The number of carbonyl (C=O) groups is 1. The van der Waals surface area contributed by atoms with Crippen LogP contribution in [0.15, 0.2) is 48.5 Å². The molecule has 0 saturated heterocycles. The summed E-state index contributed by atoms with van der Waals surface area (Å²) in [5, 5.41) is 11.6. The normalized spacial score (nSPS) is 13.6. The predicted molar refractivity (Wildman–Crippen MR) is 100 cm³/mol. The third-order valence-corrected chi connectivity index (χ3v) is 5.16. The Labute approximate surface area is 157 Å². The number of nitrogens with two attached hydrogens (primary N) is 1. The Morgan fingerprint density at radius 1 is 1.07 bits per heavy atom. The number of ether oxygens (including phenoxy) is 1. The first-order valence-electron chi connectivity index (χ1n) is 8.21. The molecular weight excluding hydrogens is 371 g/mol. The number of amides is 1. The van der Waals surface area contributed by atoms with E-state index in [1.165, 1.54) is 19.2 Å². The Morgan fingerprint density at radius 3 is 2.11 bits per heavy atom. The van der Waals surface area contributed by atoms with Gasteiger partial charge in [-0.05, 0) is 41.8 Å². The Bertz CT molecular complexity index is 804. The molecule has 9 heteroatoms. The number of hydrogen-bond acceptors (Lipinski definition) is 5. The minimum atomic E-state index is -4.59. The zero-order chi connectivity index (χ0) is 20.0. The Hall–Kier alpha value is -2.38. The highest BCUT2D eigenvalue weighted by atomic mass is 31.2. The Morgan fingerprint density at radius 2 is 1.59 bits per heavy atom. The molecule has 6 N–H and O–H groups in total. The van der Waals surface area contributed by atoms with Gasteiger partial charge in [-0.1, -0.05) is 24.3 Å². The second-order valence-corrected chi connectivity index (χ2v) is 7.94. The van der Waals surface area contributed by atoms with Crippen LogP contribution in [0.4, 0.5) is 0 Å². The van der Waals surface area contributed by atoms with Crippen LogP contribution in [0, 0.1) is 0 Å². The molecule has 146 valence electrons. The molecule has 0 radical (unpaired) electrons. The molecule has 0 heterocycles. The van der Waals surface area contributed by atoms with Crippen LogP contribution >= 0.6 is 7.60 Å². The summed E-state index contributed by atoms with van der Waals surface area (Å²) in [7, 11) is -3.08. The van der Waals surface area contributed by atoms with Crippen LogP contribution in [-0.2, 0) is 22.2 Å². The molecule has 0 fully saturated rings. The van der Waals surface area contributed by atoms with Gasteiger partial charge in [-0.15, -0.1) is 0 Å². The van der Waals surface area contributed by atoms with Crippen molar-refractivity contribution in [1.82, 2.24) is 5.32 Å². The summed E-state index contributed by atoms with van der Waals surface area (Å²) in [6.07, 6.45) is 0.120. The minimum Gasteiger partial charge on any atom is -0.508 e. The third kappa shape index (κ3) is 6.37. The molecule has 0 aliphatic carbocycles. The second-order valence-electron chi connectivity index (χ2n) is 6.14. The molecule has 2 aromatic carbocycles. The maximum Gasteiger partial charge on any atom is 0.347 e. The molecular formula is C18H23N2O6P. The second kappa shape index (κ2) is 9.01. The molecule has 2 aromatic rings. The predicted octanol–water partition coefficient (Wildman–Crippen LogP) is 1.13. The van der Waals surface area contributed by atoms with Gasteiger partial charge in [0.25, 0.3) is 0 Å². The van der Waals surface area contributed by atoms with E-state index in [1.54, 1.807) is 36.4 Å². The Balaban J connectivity index is 2.04. The Kier molecular flexibility index (Phi) is 6.98. The number of carbonyl (C=O) groups excluding carboxylic acids is 1. The van der Waals surface area contributed by atoms with Gasteiger partial charge in [0.15, 0.2) is 0 Å². The van der Waals surface area contributed by atoms with Gasteiger partial charge < -0.3 is 30.7 Å². The van der Waals surface area contributed by atoms with Crippen LogP contribution in [0.2, 0.25) is 0 Å². The number of phenolic OH excluding ortho intramolecular Hbond substituents is 1. The van der Waals surface area contributed by atoms with Gasteiger partial charge in [0.1, 0.15) is 17.3 Å². The average molecular weight is 394 g/mol. The molecule has 0 saturated carbocycles. The highest BCUT2D eigenvalue weighted by Crippen LogP contribution is 2.41. The summed E-state index contributed by atoms with van der Waals surface area (Å²) >= 11 is 0. The van der Waals surface area contributed by atoms with E-state index in [2.05, 4.69) is 5.32 Å². The number of benzene rings is 2. The molecule has 0 aliphatic rings. The molecule has 8 nitrogen and oxygen atoms in total. The van der Waals surface area contributed by atoms with E-state index in [1.807, 2.05) is 0 Å². The van der Waals surface area contributed by atoms with Gasteiger partial charge >= 0.3 is 7.60 Å². The molecule has 2 rings (SSSR count). The van der Waals surface area contributed by atoms with E-state index >= 15 is 0 Å². The van der Waals surface area contributed by atoms with Gasteiger partial charge in [-0.3, -0.25) is 9.36 Å². The SMILES string of the molecule is COc1ccc(C[C@H](NC(=O)[C@@H](N)Cc2ccc(O)cc2)P(=O)(O)O)cc1. The van der Waals surface area contributed by atoms with Crippen LogP contribution in [0.1, 0.15) is 11.1 Å². The molecule has 2 atom stereocenters. The van der Waals surface area contributed by atoms with E-state index in [9.17, 15) is 24.3 Å². The third-order valence-electron chi connectivity index (χ3n) is 4.03. The maximum atomic E-state index is 12.3. The molecule has 0 aliphatic heterocycles. The fourth-order valence-electron chi connectivity index (χ4n) is 2.49. The van der Waals surface area contributed by atoms with Gasteiger partial charge in [0, 0.05) is 6.42 Å². The van der Waals surface area contributed by atoms with Gasteiger partial charge in [-0.25, -0.2) is 0 Å². The van der Waals surface area contributed by atoms with E-state index in [0.717, 1.165) is 5.56 Å². The van der Waals surface area contributed by atoms with Gasteiger partial charge in [-0.2, -0.15) is 0 Å². The summed E-state index contributed by atoms with van der Waals surface area (Å²) in [5.74, 6) is -1.33. The highest BCUT2D eigenvalue weighted by molar-refractivity contribution is 7.52. The van der Waals surface area contributed by atoms with Gasteiger partial charge in [0.2, 0.25) is 5.91 Å². The van der Waals surface area contributed by atoms with E-state index in [0.29, 0.717) is 11.3 Å². The van der Waals surface area contributed by atoms with Crippen LogP contribution < -0.4 is 15.8 Å². The fourth-order valence-corrected chi connectivity index (χ4v) is 3.23. The molecule has 0 aromatic heterocycles. The monoisotopic (exact) mass is 394 g/mol. The highest BCUT2D eigenvalue weighted by Gasteiger charge is 2.32. The summed E-state index contributed by atoms with van der Waals surface area (Å²) in [4.78, 5) is 31.5.